The lowest BCUT2D eigenvalue weighted by Crippen LogP contribution is -2.49. The molecule has 29 heavy (non-hydrogen) atoms. The smallest absolute Gasteiger partial charge is 0.244 e. The number of nitrogens with one attached hydrogen (secondary N) is 1. The molecule has 7 heteroatoms. The van der Waals surface area contributed by atoms with Crippen LogP contribution in [0.3, 0.4) is 0 Å². The van der Waals surface area contributed by atoms with Gasteiger partial charge in [-0.25, -0.2) is 8.42 Å². The van der Waals surface area contributed by atoms with E-state index in [9.17, 15) is 13.2 Å². The van der Waals surface area contributed by atoms with E-state index in [1.54, 1.807) is 25.1 Å². The van der Waals surface area contributed by atoms with Gasteiger partial charge in [0.1, 0.15) is 11.8 Å². The van der Waals surface area contributed by atoms with Gasteiger partial charge in [0.25, 0.3) is 0 Å². The number of aryl methyl sites for hydroxylation is 1. The zero-order valence-corrected chi connectivity index (χ0v) is 18.5. The summed E-state index contributed by atoms with van der Waals surface area (Å²) in [4.78, 5) is 12.9. The van der Waals surface area contributed by atoms with Gasteiger partial charge >= 0.3 is 0 Å². The third-order valence-corrected chi connectivity index (χ3v) is 5.53. The first kappa shape index (κ1) is 22.7. The summed E-state index contributed by atoms with van der Waals surface area (Å²) in [7, 11) is -3.64. The quantitative estimate of drug-likeness (QED) is 0.675. The lowest BCUT2D eigenvalue weighted by atomic mass is 10.1. The maximum absolute atomic E-state index is 12.9. The van der Waals surface area contributed by atoms with E-state index in [1.165, 1.54) is 4.31 Å². The van der Waals surface area contributed by atoms with Gasteiger partial charge in [0.05, 0.1) is 18.0 Å². The van der Waals surface area contributed by atoms with Crippen LogP contribution in [0.25, 0.3) is 0 Å². The second kappa shape index (κ2) is 9.78. The van der Waals surface area contributed by atoms with Crippen LogP contribution in [-0.4, -0.2) is 32.7 Å². The van der Waals surface area contributed by atoms with E-state index in [4.69, 9.17) is 4.74 Å². The lowest BCUT2D eigenvalue weighted by molar-refractivity contribution is -0.122. The van der Waals surface area contributed by atoms with Crippen LogP contribution < -0.4 is 14.4 Å². The van der Waals surface area contributed by atoms with Crippen LogP contribution in [0, 0.1) is 6.92 Å². The molecule has 0 heterocycles. The molecule has 1 unspecified atom stereocenters. The van der Waals surface area contributed by atoms with Gasteiger partial charge in [-0.3, -0.25) is 9.10 Å². The second-order valence-corrected chi connectivity index (χ2v) is 9.21. The number of carbonyl (C=O) groups excluding carboxylic acids is 1. The number of amides is 1. The van der Waals surface area contributed by atoms with Crippen LogP contribution in [0.15, 0.2) is 48.5 Å². The first-order chi connectivity index (χ1) is 13.6. The Kier molecular flexibility index (Phi) is 7.67. The van der Waals surface area contributed by atoms with E-state index < -0.39 is 16.1 Å². The van der Waals surface area contributed by atoms with Gasteiger partial charge in [0.2, 0.25) is 15.9 Å². The predicted molar refractivity (Wildman–Crippen MR) is 117 cm³/mol. The number of hydrogen-bond donors (Lipinski definition) is 1. The molecule has 0 radical (unpaired) electrons. The molecule has 0 aliphatic rings. The molecular weight excluding hydrogens is 388 g/mol. The maximum atomic E-state index is 12.9. The van der Waals surface area contributed by atoms with Gasteiger partial charge in [0.15, 0.2) is 0 Å². The van der Waals surface area contributed by atoms with Crippen molar-refractivity contribution in [1.29, 1.82) is 0 Å². The number of nitrogens with zero attached hydrogens (tertiary/aromatic N) is 1. The van der Waals surface area contributed by atoms with Crippen LogP contribution in [-0.2, 0) is 21.4 Å². The average molecular weight is 419 g/mol. The summed E-state index contributed by atoms with van der Waals surface area (Å²) in [6.45, 7) is 7.91. The van der Waals surface area contributed by atoms with E-state index in [0.717, 1.165) is 23.1 Å². The van der Waals surface area contributed by atoms with Crippen molar-refractivity contribution in [2.45, 2.75) is 52.8 Å². The number of rotatable bonds is 9. The third kappa shape index (κ3) is 6.49. The molecule has 2 aromatic carbocycles. The fourth-order valence-corrected chi connectivity index (χ4v) is 4.29. The van der Waals surface area contributed by atoms with Crippen LogP contribution in [0.4, 0.5) is 5.69 Å². The molecule has 2 rings (SSSR count). The van der Waals surface area contributed by atoms with Crippen molar-refractivity contribution in [2.75, 3.05) is 10.6 Å². The molecule has 2 aromatic rings. The number of carbonyl (C=O) groups is 1. The lowest BCUT2D eigenvalue weighted by Gasteiger charge is -2.30. The van der Waals surface area contributed by atoms with E-state index in [2.05, 4.69) is 5.32 Å². The Bertz CT molecular complexity index is 924. The van der Waals surface area contributed by atoms with Crippen molar-refractivity contribution in [2.24, 2.45) is 0 Å². The zero-order chi connectivity index (χ0) is 21.6. The van der Waals surface area contributed by atoms with Gasteiger partial charge in [-0.2, -0.15) is 0 Å². The molecule has 6 nitrogen and oxygen atoms in total. The van der Waals surface area contributed by atoms with Crippen molar-refractivity contribution in [3.05, 3.63) is 59.7 Å². The largest absolute Gasteiger partial charge is 0.491 e. The molecule has 0 saturated carbocycles. The Morgan fingerprint density at radius 2 is 1.79 bits per heavy atom. The van der Waals surface area contributed by atoms with Gasteiger partial charge < -0.3 is 10.1 Å². The summed E-state index contributed by atoms with van der Waals surface area (Å²) >= 11 is 0. The number of ether oxygens (including phenoxy) is 1. The first-order valence-electron chi connectivity index (χ1n) is 9.71. The summed E-state index contributed by atoms with van der Waals surface area (Å²) in [6, 6.07) is 13.8. The third-order valence-electron chi connectivity index (χ3n) is 4.35. The SMILES string of the molecule is CCC(C(=O)NCc1ccc(OC(C)C)cc1)N(c1cccc(C)c1)S(C)(=O)=O. The van der Waals surface area contributed by atoms with Gasteiger partial charge in [-0.1, -0.05) is 31.2 Å². The van der Waals surface area contributed by atoms with Crippen molar-refractivity contribution in [3.63, 3.8) is 0 Å². The van der Waals surface area contributed by atoms with E-state index in [0.29, 0.717) is 18.7 Å². The molecule has 0 fully saturated rings. The summed E-state index contributed by atoms with van der Waals surface area (Å²) in [6.07, 6.45) is 1.57. The minimum Gasteiger partial charge on any atom is -0.491 e. The predicted octanol–water partition coefficient (Wildman–Crippen LogP) is 3.64. The molecule has 1 amide bonds. The fourth-order valence-electron chi connectivity index (χ4n) is 3.09. The highest BCUT2D eigenvalue weighted by Crippen LogP contribution is 2.23. The summed E-state index contributed by atoms with van der Waals surface area (Å²) in [5.74, 6) is 0.436. The molecule has 0 bridgehead atoms. The number of benzene rings is 2. The topological polar surface area (TPSA) is 75.7 Å². The Labute approximate surface area is 173 Å². The second-order valence-electron chi connectivity index (χ2n) is 7.35. The van der Waals surface area contributed by atoms with Crippen molar-refractivity contribution < 1.29 is 17.9 Å². The Balaban J connectivity index is 2.15. The minimum absolute atomic E-state index is 0.0921. The monoisotopic (exact) mass is 418 g/mol. The zero-order valence-electron chi connectivity index (χ0n) is 17.7. The van der Waals surface area contributed by atoms with Crippen molar-refractivity contribution in [1.82, 2.24) is 5.32 Å². The van der Waals surface area contributed by atoms with Crippen LogP contribution >= 0.6 is 0 Å². The molecule has 0 aliphatic heterocycles. The number of sulfonamides is 1. The summed E-state index contributed by atoms with van der Waals surface area (Å²) in [5.41, 5.74) is 2.32. The van der Waals surface area contributed by atoms with Gasteiger partial charge in [0, 0.05) is 6.54 Å². The maximum Gasteiger partial charge on any atom is 0.244 e. The molecule has 1 N–H and O–H groups in total. The van der Waals surface area contributed by atoms with Crippen LogP contribution in [0.1, 0.15) is 38.3 Å². The van der Waals surface area contributed by atoms with Crippen LogP contribution in [0.5, 0.6) is 5.75 Å². The highest BCUT2D eigenvalue weighted by Gasteiger charge is 2.31. The number of hydrogen-bond acceptors (Lipinski definition) is 4. The van der Waals surface area contributed by atoms with Gasteiger partial charge in [-0.15, -0.1) is 0 Å². The average Bonchev–Trinajstić information content (AvgIpc) is 2.63. The van der Waals surface area contributed by atoms with Crippen LogP contribution in [0.2, 0.25) is 0 Å². The van der Waals surface area contributed by atoms with E-state index >= 15 is 0 Å². The first-order valence-corrected chi connectivity index (χ1v) is 11.6. The highest BCUT2D eigenvalue weighted by atomic mass is 32.2. The molecule has 158 valence electrons. The fraction of sp³-hybridized carbons (Fsp3) is 0.409. The standard InChI is InChI=1S/C22H30N2O4S/c1-6-21(24(29(5,26)27)19-9-7-8-17(4)14-19)22(25)23-15-18-10-12-20(13-11-18)28-16(2)3/h7-14,16,21H,6,15H2,1-5H3,(H,23,25). The van der Waals surface area contributed by atoms with E-state index in [-0.39, 0.29) is 12.0 Å². The Morgan fingerprint density at radius 3 is 2.31 bits per heavy atom. The molecule has 0 aliphatic carbocycles. The Hall–Kier alpha value is -2.54. The normalized spacial score (nSPS) is 12.5. The van der Waals surface area contributed by atoms with E-state index in [1.807, 2.05) is 51.1 Å². The molecule has 1 atom stereocenters. The summed E-state index contributed by atoms with van der Waals surface area (Å²) in [5, 5.41) is 2.86. The number of anilines is 1. The molecule has 0 aromatic heterocycles. The summed E-state index contributed by atoms with van der Waals surface area (Å²) < 4.78 is 31.8. The minimum atomic E-state index is -3.64. The Morgan fingerprint density at radius 1 is 1.14 bits per heavy atom. The van der Waals surface area contributed by atoms with Crippen molar-refractivity contribution >= 4 is 21.6 Å². The molecule has 0 saturated heterocycles. The van der Waals surface area contributed by atoms with Crippen molar-refractivity contribution in [3.8, 4) is 5.75 Å². The molecular formula is C22H30N2O4S. The van der Waals surface area contributed by atoms with Gasteiger partial charge in [-0.05, 0) is 62.6 Å². The molecule has 0 spiro atoms. The highest BCUT2D eigenvalue weighted by molar-refractivity contribution is 7.92.